The van der Waals surface area contributed by atoms with E-state index in [0.717, 1.165) is 29.7 Å². The molecule has 0 spiro atoms. The number of carbonyl (C=O) groups excluding carboxylic acids is 2. The van der Waals surface area contributed by atoms with E-state index in [1.807, 2.05) is 77.1 Å². The van der Waals surface area contributed by atoms with Crippen LogP contribution < -0.4 is 15.4 Å². The highest BCUT2D eigenvalue weighted by molar-refractivity contribution is 6.00. The number of rotatable bonds is 7. The number of nitrogens with one attached hydrogen (secondary N) is 3. The Bertz CT molecular complexity index is 1130. The summed E-state index contributed by atoms with van der Waals surface area (Å²) < 4.78 is 6.11. The third-order valence-corrected chi connectivity index (χ3v) is 7.65. The van der Waals surface area contributed by atoms with Gasteiger partial charge in [-0.05, 0) is 56.9 Å². The number of nitrogens with zero attached hydrogens (tertiary/aromatic N) is 1. The van der Waals surface area contributed by atoms with Gasteiger partial charge in [-0.25, -0.2) is 0 Å². The van der Waals surface area contributed by atoms with E-state index in [-0.39, 0.29) is 35.4 Å². The molecular weight excluding hydrogens is 452 g/mol. The molecule has 7 heteroatoms. The molecule has 7 nitrogen and oxygen atoms in total. The van der Waals surface area contributed by atoms with Crippen molar-refractivity contribution < 1.29 is 14.3 Å². The van der Waals surface area contributed by atoms with Crippen LogP contribution in [0.15, 0.2) is 48.5 Å². The van der Waals surface area contributed by atoms with Crippen molar-refractivity contribution in [2.24, 2.45) is 0 Å². The van der Waals surface area contributed by atoms with Gasteiger partial charge in [0.15, 0.2) is 5.96 Å². The van der Waals surface area contributed by atoms with Gasteiger partial charge in [0, 0.05) is 23.1 Å². The lowest BCUT2D eigenvalue weighted by Gasteiger charge is -2.44. The van der Waals surface area contributed by atoms with Gasteiger partial charge < -0.3 is 15.4 Å². The van der Waals surface area contributed by atoms with Gasteiger partial charge in [0.05, 0.1) is 18.5 Å². The summed E-state index contributed by atoms with van der Waals surface area (Å²) in [6.45, 7) is 10.1. The average molecular weight is 491 g/mol. The molecule has 2 amide bonds. The fraction of sp³-hybridized carbons (Fsp3) is 0.483. The molecular formula is C29H38N4O3. The predicted octanol–water partition coefficient (Wildman–Crippen LogP) is 5.49. The third-order valence-electron chi connectivity index (χ3n) is 7.65. The fourth-order valence-corrected chi connectivity index (χ4v) is 5.49. The van der Waals surface area contributed by atoms with Crippen molar-refractivity contribution in [2.75, 3.05) is 0 Å². The number of guanidine groups is 1. The minimum Gasteiger partial charge on any atom is -0.487 e. The van der Waals surface area contributed by atoms with Crippen LogP contribution in [-0.4, -0.2) is 33.8 Å². The minimum atomic E-state index is -0.393. The number of hydrogen-bond acceptors (Lipinski definition) is 4. The lowest BCUT2D eigenvalue weighted by molar-refractivity contribution is -0.132. The summed E-state index contributed by atoms with van der Waals surface area (Å²) in [7, 11) is 0. The Morgan fingerprint density at radius 2 is 1.89 bits per heavy atom. The van der Waals surface area contributed by atoms with Gasteiger partial charge in [0.1, 0.15) is 11.4 Å². The number of ether oxygens (including phenoxy) is 1. The largest absolute Gasteiger partial charge is 0.487 e. The van der Waals surface area contributed by atoms with Crippen molar-refractivity contribution in [1.82, 2.24) is 15.5 Å². The highest BCUT2D eigenvalue weighted by atomic mass is 16.5. The molecule has 0 radical (unpaired) electrons. The molecule has 192 valence electrons. The van der Waals surface area contributed by atoms with Crippen molar-refractivity contribution in [3.63, 3.8) is 0 Å². The molecule has 4 rings (SSSR count). The quantitative estimate of drug-likeness (QED) is 0.479. The Balaban J connectivity index is 1.56. The zero-order valence-corrected chi connectivity index (χ0v) is 22.0. The van der Waals surface area contributed by atoms with Crippen molar-refractivity contribution in [2.45, 2.75) is 89.9 Å². The van der Waals surface area contributed by atoms with E-state index in [1.54, 1.807) is 11.0 Å². The second-order valence-electron chi connectivity index (χ2n) is 10.6. The summed E-state index contributed by atoms with van der Waals surface area (Å²) in [6.07, 6.45) is 3.22. The summed E-state index contributed by atoms with van der Waals surface area (Å²) in [5.74, 6) is 0.713. The van der Waals surface area contributed by atoms with E-state index >= 15 is 0 Å². The van der Waals surface area contributed by atoms with Crippen LogP contribution in [-0.2, 0) is 4.79 Å². The highest BCUT2D eigenvalue weighted by Gasteiger charge is 2.42. The van der Waals surface area contributed by atoms with E-state index in [0.29, 0.717) is 24.8 Å². The van der Waals surface area contributed by atoms with Crippen LogP contribution in [0.5, 0.6) is 5.75 Å². The number of carbonyl (C=O) groups is 2. The molecule has 0 aliphatic carbocycles. The lowest BCUT2D eigenvalue weighted by Crippen LogP contribution is -2.62. The molecule has 1 fully saturated rings. The van der Waals surface area contributed by atoms with Crippen LogP contribution in [0.25, 0.3) is 0 Å². The number of hydrogen-bond donors (Lipinski definition) is 3. The normalized spacial score (nSPS) is 21.1. The molecule has 0 bridgehead atoms. The van der Waals surface area contributed by atoms with E-state index in [2.05, 4.69) is 10.6 Å². The number of amides is 2. The first-order chi connectivity index (χ1) is 17.1. The Morgan fingerprint density at radius 1 is 1.17 bits per heavy atom. The van der Waals surface area contributed by atoms with Crippen LogP contribution in [0.3, 0.4) is 0 Å². The highest BCUT2D eigenvalue weighted by Crippen LogP contribution is 2.39. The summed E-state index contributed by atoms with van der Waals surface area (Å²) in [4.78, 5) is 28.2. The maximum atomic E-state index is 13.4. The third kappa shape index (κ3) is 4.97. The Kier molecular flexibility index (Phi) is 7.12. The second kappa shape index (κ2) is 9.96. The fourth-order valence-electron chi connectivity index (χ4n) is 5.49. The van der Waals surface area contributed by atoms with Gasteiger partial charge in [-0.3, -0.25) is 19.9 Å². The molecule has 2 atom stereocenters. The van der Waals surface area contributed by atoms with Gasteiger partial charge in [0.2, 0.25) is 5.91 Å². The molecule has 1 saturated heterocycles. The predicted molar refractivity (Wildman–Crippen MR) is 141 cm³/mol. The van der Waals surface area contributed by atoms with E-state index in [9.17, 15) is 9.59 Å². The first kappa shape index (κ1) is 25.7. The first-order valence-electron chi connectivity index (χ1n) is 13.0. The summed E-state index contributed by atoms with van der Waals surface area (Å²) in [5.41, 5.74) is 1.60. The van der Waals surface area contributed by atoms with Crippen LogP contribution in [0.2, 0.25) is 0 Å². The first-order valence-corrected chi connectivity index (χ1v) is 13.0. The zero-order chi connectivity index (χ0) is 26.1. The molecule has 3 N–H and O–H groups in total. The van der Waals surface area contributed by atoms with Gasteiger partial charge in [-0.1, -0.05) is 51.1 Å². The zero-order valence-electron chi connectivity index (χ0n) is 22.0. The topological polar surface area (TPSA) is 94.5 Å². The van der Waals surface area contributed by atoms with Crippen LogP contribution in [0.1, 0.15) is 100 Å². The van der Waals surface area contributed by atoms with E-state index < -0.39 is 5.60 Å². The van der Waals surface area contributed by atoms with Crippen molar-refractivity contribution in [1.29, 1.82) is 5.41 Å². The SMILES string of the molecule is CC[C@@H](c1cccc(C(=O)N[C@H]2CC(C)(C)Oc3ccccc32)c1)N1C(=N)NC(CC)(CC)CC1=O. The van der Waals surface area contributed by atoms with E-state index in [4.69, 9.17) is 10.1 Å². The van der Waals surface area contributed by atoms with Gasteiger partial charge in [0.25, 0.3) is 5.91 Å². The standard InChI is InChI=1S/C29H38N4O3/c1-6-23(33-25(34)18-29(7-2,8-3)32-27(33)30)19-12-11-13-20(16-19)26(35)31-22-17-28(4,5)36-24-15-10-9-14-21(22)24/h9-16,22-23H,6-8,17-18H2,1-5H3,(H2,30,32)(H,31,35)/t22-,23-/m0/s1. The maximum absolute atomic E-state index is 13.4. The van der Waals surface area contributed by atoms with Crippen molar-refractivity contribution in [3.8, 4) is 5.75 Å². The molecule has 0 saturated carbocycles. The van der Waals surface area contributed by atoms with Crippen LogP contribution in [0, 0.1) is 5.41 Å². The molecule has 0 unspecified atom stereocenters. The Morgan fingerprint density at radius 3 is 2.56 bits per heavy atom. The second-order valence-corrected chi connectivity index (χ2v) is 10.6. The number of benzene rings is 2. The molecule has 2 heterocycles. The van der Waals surface area contributed by atoms with Gasteiger partial charge in [-0.2, -0.15) is 0 Å². The monoisotopic (exact) mass is 490 g/mol. The molecule has 2 aliphatic rings. The van der Waals surface area contributed by atoms with Gasteiger partial charge >= 0.3 is 0 Å². The smallest absolute Gasteiger partial charge is 0.251 e. The van der Waals surface area contributed by atoms with Crippen molar-refractivity contribution >= 4 is 17.8 Å². The van der Waals surface area contributed by atoms with Crippen molar-refractivity contribution in [3.05, 3.63) is 65.2 Å². The average Bonchev–Trinajstić information content (AvgIpc) is 2.85. The molecule has 2 aromatic carbocycles. The van der Waals surface area contributed by atoms with Crippen LogP contribution in [0.4, 0.5) is 0 Å². The van der Waals surface area contributed by atoms with Crippen LogP contribution >= 0.6 is 0 Å². The lowest BCUT2D eigenvalue weighted by atomic mass is 9.86. The molecule has 0 aromatic heterocycles. The number of fused-ring (bicyclic) bond motifs is 1. The number of para-hydroxylation sites is 1. The summed E-state index contributed by atoms with van der Waals surface area (Å²) >= 11 is 0. The minimum absolute atomic E-state index is 0.0507. The molecule has 36 heavy (non-hydrogen) atoms. The molecule has 2 aromatic rings. The van der Waals surface area contributed by atoms with E-state index in [1.165, 1.54) is 0 Å². The summed E-state index contributed by atoms with van der Waals surface area (Å²) in [6, 6.07) is 14.8. The Hall–Kier alpha value is -3.35. The van der Waals surface area contributed by atoms with Gasteiger partial charge in [-0.15, -0.1) is 0 Å². The summed E-state index contributed by atoms with van der Waals surface area (Å²) in [5, 5.41) is 15.1. The Labute approximate surface area is 214 Å². The maximum Gasteiger partial charge on any atom is 0.251 e. The molecule has 2 aliphatic heterocycles.